The van der Waals surface area contributed by atoms with Crippen LogP contribution in [0.25, 0.3) is 10.9 Å². The van der Waals surface area contributed by atoms with E-state index < -0.39 is 0 Å². The molecule has 0 spiro atoms. The molecule has 1 unspecified atom stereocenters. The lowest BCUT2D eigenvalue weighted by molar-refractivity contribution is 0.0927. The average Bonchev–Trinajstić information content (AvgIpc) is 2.44. The topological polar surface area (TPSA) is 59.3 Å². The molecule has 21 heavy (non-hydrogen) atoms. The van der Waals surface area contributed by atoms with Crippen molar-refractivity contribution in [2.75, 3.05) is 0 Å². The van der Waals surface area contributed by atoms with Crippen LogP contribution in [0.1, 0.15) is 42.2 Å². The lowest BCUT2D eigenvalue weighted by Gasteiger charge is -2.25. The van der Waals surface area contributed by atoms with Gasteiger partial charge in [-0.25, -0.2) is 0 Å². The number of hydrogen-bond donors (Lipinski definition) is 1. The Morgan fingerprint density at radius 1 is 1.33 bits per heavy atom. The van der Waals surface area contributed by atoms with Crippen molar-refractivity contribution in [3.05, 3.63) is 44.7 Å². The zero-order valence-corrected chi connectivity index (χ0v) is 12.5. The standard InChI is InChI=1S/C16H16ClNO3/c1-2-3-9-6-13-15(14(19)7-9)16(20)11-8-10(17)4-5-12(11)18(13)21/h4-5,8-9,21H,2-3,6-7H2,1H3. The zero-order valence-electron chi connectivity index (χ0n) is 11.7. The molecule has 1 heterocycles. The first-order valence-corrected chi connectivity index (χ1v) is 7.50. The summed E-state index contributed by atoms with van der Waals surface area (Å²) in [4.78, 5) is 24.9. The quantitative estimate of drug-likeness (QED) is 0.865. The Kier molecular flexibility index (Phi) is 3.49. The van der Waals surface area contributed by atoms with Crippen molar-refractivity contribution < 1.29 is 10.0 Å². The van der Waals surface area contributed by atoms with E-state index in [0.717, 1.165) is 17.6 Å². The van der Waals surface area contributed by atoms with Crippen molar-refractivity contribution in [3.63, 3.8) is 0 Å². The highest BCUT2D eigenvalue weighted by atomic mass is 35.5. The third kappa shape index (κ3) is 2.23. The number of hydrogen-bond acceptors (Lipinski definition) is 3. The van der Waals surface area contributed by atoms with E-state index in [0.29, 0.717) is 29.1 Å². The van der Waals surface area contributed by atoms with Gasteiger partial charge in [0.05, 0.1) is 22.2 Å². The van der Waals surface area contributed by atoms with Gasteiger partial charge in [-0.2, -0.15) is 4.73 Å². The molecule has 0 saturated carbocycles. The Morgan fingerprint density at radius 3 is 2.81 bits per heavy atom. The van der Waals surface area contributed by atoms with Crippen LogP contribution < -0.4 is 5.43 Å². The van der Waals surface area contributed by atoms with Crippen LogP contribution in [0.3, 0.4) is 0 Å². The first-order chi connectivity index (χ1) is 10.0. The summed E-state index contributed by atoms with van der Waals surface area (Å²) in [6, 6.07) is 4.72. The molecule has 0 saturated heterocycles. The van der Waals surface area contributed by atoms with Gasteiger partial charge in [0.1, 0.15) is 0 Å². The molecule has 0 bridgehead atoms. The van der Waals surface area contributed by atoms with Crippen LogP contribution in [-0.4, -0.2) is 15.7 Å². The third-order valence-electron chi connectivity index (χ3n) is 4.13. The second-order valence-corrected chi connectivity index (χ2v) is 6.05. The smallest absolute Gasteiger partial charge is 0.200 e. The maximum absolute atomic E-state index is 12.5. The number of ketones is 1. The van der Waals surface area contributed by atoms with E-state index in [1.165, 1.54) is 6.07 Å². The fraction of sp³-hybridized carbons (Fsp3) is 0.375. The normalized spacial score (nSPS) is 18.0. The summed E-state index contributed by atoms with van der Waals surface area (Å²) in [7, 11) is 0. The number of rotatable bonds is 2. The molecule has 1 atom stereocenters. The van der Waals surface area contributed by atoms with Crippen molar-refractivity contribution >= 4 is 28.3 Å². The maximum atomic E-state index is 12.5. The Hall–Kier alpha value is -1.81. The van der Waals surface area contributed by atoms with E-state index in [-0.39, 0.29) is 28.1 Å². The summed E-state index contributed by atoms with van der Waals surface area (Å²) in [5, 5.41) is 11.1. The van der Waals surface area contributed by atoms with Gasteiger partial charge in [-0.05, 0) is 37.0 Å². The molecule has 110 valence electrons. The number of benzene rings is 1. The molecule has 0 radical (unpaired) electrons. The Morgan fingerprint density at radius 2 is 2.10 bits per heavy atom. The Balaban J connectivity index is 2.29. The van der Waals surface area contributed by atoms with E-state index in [1.807, 2.05) is 0 Å². The highest BCUT2D eigenvalue weighted by molar-refractivity contribution is 6.31. The third-order valence-corrected chi connectivity index (χ3v) is 4.37. The fourth-order valence-corrected chi connectivity index (χ4v) is 3.36. The van der Waals surface area contributed by atoms with Gasteiger partial charge in [0.2, 0.25) is 5.43 Å². The number of carbonyl (C=O) groups excluding carboxylic acids is 1. The number of aromatic nitrogens is 1. The average molecular weight is 306 g/mol. The van der Waals surface area contributed by atoms with Gasteiger partial charge in [-0.3, -0.25) is 9.59 Å². The fourth-order valence-electron chi connectivity index (χ4n) is 3.19. The zero-order chi connectivity index (χ0) is 15.1. The van der Waals surface area contributed by atoms with Crippen LogP contribution in [0, 0.1) is 5.92 Å². The van der Waals surface area contributed by atoms with E-state index in [4.69, 9.17) is 11.6 Å². The molecule has 0 aliphatic heterocycles. The summed E-state index contributed by atoms with van der Waals surface area (Å²) in [6.45, 7) is 2.06. The molecule has 3 rings (SSSR count). The number of Topliss-reactive ketones (excluding diaryl/α,β-unsaturated/α-hetero) is 1. The van der Waals surface area contributed by atoms with Gasteiger partial charge in [0, 0.05) is 11.4 Å². The molecule has 2 aromatic rings. The van der Waals surface area contributed by atoms with Crippen molar-refractivity contribution in [1.29, 1.82) is 0 Å². The molecule has 1 aromatic carbocycles. The van der Waals surface area contributed by atoms with Crippen molar-refractivity contribution in [3.8, 4) is 0 Å². The molecule has 1 N–H and O–H groups in total. The van der Waals surface area contributed by atoms with E-state index in [1.54, 1.807) is 12.1 Å². The van der Waals surface area contributed by atoms with Crippen molar-refractivity contribution in [1.82, 2.24) is 4.73 Å². The van der Waals surface area contributed by atoms with Gasteiger partial charge in [-0.15, -0.1) is 0 Å². The SMILES string of the molecule is CCCC1CC(=O)c2c(n(O)c3ccc(Cl)cc3c2=O)C1. The molecule has 1 aromatic heterocycles. The lowest BCUT2D eigenvalue weighted by atomic mass is 9.82. The molecule has 1 aliphatic rings. The van der Waals surface area contributed by atoms with Gasteiger partial charge in [0.15, 0.2) is 5.78 Å². The van der Waals surface area contributed by atoms with Crippen LogP contribution in [0.15, 0.2) is 23.0 Å². The predicted octanol–water partition coefficient (Wildman–Crippen LogP) is 3.44. The highest BCUT2D eigenvalue weighted by Crippen LogP contribution is 2.29. The van der Waals surface area contributed by atoms with Gasteiger partial charge >= 0.3 is 0 Å². The monoisotopic (exact) mass is 305 g/mol. The number of fused-ring (bicyclic) bond motifs is 2. The van der Waals surface area contributed by atoms with Crippen LogP contribution in [0.5, 0.6) is 0 Å². The minimum absolute atomic E-state index is 0.125. The van der Waals surface area contributed by atoms with Gasteiger partial charge < -0.3 is 5.21 Å². The van der Waals surface area contributed by atoms with Crippen LogP contribution in [0.2, 0.25) is 5.02 Å². The van der Waals surface area contributed by atoms with Crippen molar-refractivity contribution in [2.24, 2.45) is 5.92 Å². The first kappa shape index (κ1) is 14.1. The summed E-state index contributed by atoms with van der Waals surface area (Å²) in [6.07, 6.45) is 2.82. The molecular formula is C16H16ClNO3. The van der Waals surface area contributed by atoms with Gasteiger partial charge in [-0.1, -0.05) is 24.9 Å². The number of nitrogens with zero attached hydrogens (tertiary/aromatic N) is 1. The Bertz CT molecular complexity index is 794. The molecule has 4 nitrogen and oxygen atoms in total. The molecule has 5 heteroatoms. The van der Waals surface area contributed by atoms with E-state index in [9.17, 15) is 14.8 Å². The summed E-state index contributed by atoms with van der Waals surface area (Å²) >= 11 is 5.91. The predicted molar refractivity (Wildman–Crippen MR) is 81.5 cm³/mol. The summed E-state index contributed by atoms with van der Waals surface area (Å²) in [5.74, 6) is 0.0157. The first-order valence-electron chi connectivity index (χ1n) is 7.12. The second-order valence-electron chi connectivity index (χ2n) is 5.61. The van der Waals surface area contributed by atoms with E-state index >= 15 is 0 Å². The van der Waals surface area contributed by atoms with Crippen LogP contribution in [-0.2, 0) is 6.42 Å². The van der Waals surface area contributed by atoms with E-state index in [2.05, 4.69) is 6.92 Å². The number of carbonyl (C=O) groups is 1. The molecule has 0 amide bonds. The minimum Gasteiger partial charge on any atom is -0.428 e. The second kappa shape index (κ2) is 5.19. The summed E-state index contributed by atoms with van der Waals surface area (Å²) in [5.41, 5.74) is 0.630. The number of halogens is 1. The van der Waals surface area contributed by atoms with Crippen LogP contribution >= 0.6 is 11.6 Å². The maximum Gasteiger partial charge on any atom is 0.200 e. The highest BCUT2D eigenvalue weighted by Gasteiger charge is 2.30. The largest absolute Gasteiger partial charge is 0.428 e. The lowest BCUT2D eigenvalue weighted by Crippen LogP contribution is -2.31. The van der Waals surface area contributed by atoms with Gasteiger partial charge in [0.25, 0.3) is 0 Å². The summed E-state index contributed by atoms with van der Waals surface area (Å²) < 4.78 is 0.988. The minimum atomic E-state index is -0.326. The Labute approximate surface area is 126 Å². The molecule has 1 aliphatic carbocycles. The van der Waals surface area contributed by atoms with Crippen LogP contribution in [0.4, 0.5) is 0 Å². The number of pyridine rings is 1. The molecular weight excluding hydrogens is 290 g/mol. The van der Waals surface area contributed by atoms with Crippen molar-refractivity contribution in [2.45, 2.75) is 32.6 Å². The molecule has 0 fully saturated rings.